The molecule has 3 N–H and O–H groups in total. The summed E-state index contributed by atoms with van der Waals surface area (Å²) >= 11 is 1.35. The molecule has 0 aliphatic carbocycles. The van der Waals surface area contributed by atoms with E-state index in [1.165, 1.54) is 22.1 Å². The van der Waals surface area contributed by atoms with Crippen LogP contribution in [0.4, 0.5) is 0 Å². The molecule has 0 atom stereocenters. The van der Waals surface area contributed by atoms with Crippen molar-refractivity contribution in [2.24, 2.45) is 4.99 Å². The molecule has 8 heteroatoms. The lowest BCUT2D eigenvalue weighted by Gasteiger charge is -2.13. The predicted octanol–water partition coefficient (Wildman–Crippen LogP) is 2.97. The number of aryl methyl sites for hydroxylation is 1. The van der Waals surface area contributed by atoms with Crippen molar-refractivity contribution in [2.45, 2.75) is 13.3 Å². The van der Waals surface area contributed by atoms with E-state index in [-0.39, 0.29) is 5.91 Å². The van der Waals surface area contributed by atoms with E-state index in [2.05, 4.69) is 50.2 Å². The molecular formula is C22H27N5O2S. The molecule has 3 aromatic rings. The third kappa shape index (κ3) is 6.18. The highest BCUT2D eigenvalue weighted by molar-refractivity contribution is 7.11. The molecule has 1 heterocycles. The van der Waals surface area contributed by atoms with Gasteiger partial charge in [0.25, 0.3) is 5.91 Å². The van der Waals surface area contributed by atoms with Crippen LogP contribution in [0.5, 0.6) is 5.75 Å². The lowest BCUT2D eigenvalue weighted by atomic mass is 10.1. The highest BCUT2D eigenvalue weighted by atomic mass is 32.1. The van der Waals surface area contributed by atoms with Gasteiger partial charge in [-0.25, -0.2) is 4.98 Å². The molecular weight excluding hydrogens is 398 g/mol. The van der Waals surface area contributed by atoms with Crippen molar-refractivity contribution < 1.29 is 9.53 Å². The number of hydrogen-bond acceptors (Lipinski definition) is 5. The summed E-state index contributed by atoms with van der Waals surface area (Å²) in [5.74, 6) is 1.48. The first-order valence-corrected chi connectivity index (χ1v) is 10.8. The summed E-state index contributed by atoms with van der Waals surface area (Å²) < 4.78 is 5.85. The zero-order valence-corrected chi connectivity index (χ0v) is 18.1. The van der Waals surface area contributed by atoms with Gasteiger partial charge in [-0.1, -0.05) is 30.3 Å². The molecule has 0 bridgehead atoms. The Bertz CT molecular complexity index is 1000. The number of aromatic nitrogens is 1. The Kier molecular flexibility index (Phi) is 8.02. The van der Waals surface area contributed by atoms with Crippen molar-refractivity contribution in [3.63, 3.8) is 0 Å². The fraction of sp³-hybridized carbons (Fsp3) is 0.318. The zero-order valence-electron chi connectivity index (χ0n) is 17.3. The number of hydrogen-bond donors (Lipinski definition) is 3. The number of nitrogens with zero attached hydrogens (tertiary/aromatic N) is 2. The molecule has 0 aliphatic heterocycles. The summed E-state index contributed by atoms with van der Waals surface area (Å²) in [6.07, 6.45) is 0.842. The van der Waals surface area contributed by atoms with Gasteiger partial charge in [0.2, 0.25) is 0 Å². The Morgan fingerprint density at radius 1 is 1.07 bits per heavy atom. The maximum atomic E-state index is 12.0. The van der Waals surface area contributed by atoms with Crippen molar-refractivity contribution in [3.05, 3.63) is 58.5 Å². The second-order valence-corrected chi connectivity index (χ2v) is 7.51. The van der Waals surface area contributed by atoms with E-state index in [9.17, 15) is 4.79 Å². The first-order valence-electron chi connectivity index (χ1n) is 9.92. The Morgan fingerprint density at radius 3 is 2.60 bits per heavy atom. The second-order valence-electron chi connectivity index (χ2n) is 6.66. The molecule has 7 nitrogen and oxygen atoms in total. The highest BCUT2D eigenvalue weighted by Crippen LogP contribution is 2.20. The first-order chi connectivity index (χ1) is 14.7. The van der Waals surface area contributed by atoms with Crippen LogP contribution in [-0.4, -0.2) is 50.1 Å². The van der Waals surface area contributed by atoms with E-state index >= 15 is 0 Å². The molecule has 0 saturated carbocycles. The number of amides is 1. The molecule has 0 unspecified atom stereocenters. The number of benzene rings is 2. The summed E-state index contributed by atoms with van der Waals surface area (Å²) in [4.78, 5) is 21.0. The molecule has 0 spiro atoms. The molecule has 3 rings (SSSR count). The van der Waals surface area contributed by atoms with Gasteiger partial charge in [0.1, 0.15) is 10.6 Å². The van der Waals surface area contributed by atoms with Gasteiger partial charge in [0, 0.05) is 26.7 Å². The van der Waals surface area contributed by atoms with E-state index in [4.69, 9.17) is 4.74 Å². The monoisotopic (exact) mass is 425 g/mol. The van der Waals surface area contributed by atoms with Gasteiger partial charge in [-0.15, -0.1) is 11.3 Å². The topological polar surface area (TPSA) is 87.6 Å². The van der Waals surface area contributed by atoms with Crippen LogP contribution in [0.3, 0.4) is 0 Å². The van der Waals surface area contributed by atoms with Crippen LogP contribution in [0, 0.1) is 6.92 Å². The summed E-state index contributed by atoms with van der Waals surface area (Å²) in [6, 6.07) is 14.4. The molecule has 158 valence electrons. The Morgan fingerprint density at radius 2 is 1.83 bits per heavy atom. The summed E-state index contributed by atoms with van der Waals surface area (Å²) in [5.41, 5.74) is 2.44. The molecule has 0 saturated heterocycles. The van der Waals surface area contributed by atoms with E-state index < -0.39 is 0 Å². The fourth-order valence-corrected chi connectivity index (χ4v) is 3.62. The minimum Gasteiger partial charge on any atom is -0.494 e. The van der Waals surface area contributed by atoms with Crippen LogP contribution < -0.4 is 20.7 Å². The van der Waals surface area contributed by atoms with Crippen LogP contribution in [0.1, 0.15) is 21.8 Å². The summed E-state index contributed by atoms with van der Waals surface area (Å²) in [6.45, 7) is 4.27. The third-order valence-electron chi connectivity index (χ3n) is 4.48. The van der Waals surface area contributed by atoms with E-state index in [1.54, 1.807) is 12.6 Å². The lowest BCUT2D eigenvalue weighted by molar-refractivity contribution is 0.0957. The summed E-state index contributed by atoms with van der Waals surface area (Å²) in [5, 5.41) is 11.7. The zero-order chi connectivity index (χ0) is 21.2. The summed E-state index contributed by atoms with van der Waals surface area (Å²) in [7, 11) is 1.72. The van der Waals surface area contributed by atoms with Crippen molar-refractivity contribution in [2.75, 3.05) is 33.3 Å². The van der Waals surface area contributed by atoms with Crippen LogP contribution >= 0.6 is 11.3 Å². The number of fused-ring (bicyclic) bond motifs is 1. The Balaban J connectivity index is 1.29. The number of thiazole rings is 1. The largest absolute Gasteiger partial charge is 0.494 e. The SMILES string of the molecule is CN=C(NCCCOc1ccc2ccccc2c1)NCCNC(=O)c1scnc1C. The molecule has 1 aromatic heterocycles. The quantitative estimate of drug-likeness (QED) is 0.279. The third-order valence-corrected chi connectivity index (χ3v) is 5.41. The molecule has 0 radical (unpaired) electrons. The van der Waals surface area contributed by atoms with Gasteiger partial charge in [-0.05, 0) is 36.2 Å². The molecule has 30 heavy (non-hydrogen) atoms. The minimum atomic E-state index is -0.0921. The normalized spacial score (nSPS) is 11.3. The Hall–Kier alpha value is -3.13. The smallest absolute Gasteiger partial charge is 0.263 e. The maximum Gasteiger partial charge on any atom is 0.263 e. The van der Waals surface area contributed by atoms with Gasteiger partial charge in [0.05, 0.1) is 17.8 Å². The fourth-order valence-electron chi connectivity index (χ4n) is 2.90. The Labute approximate surface area is 180 Å². The van der Waals surface area contributed by atoms with Crippen molar-refractivity contribution in [1.29, 1.82) is 0 Å². The molecule has 2 aromatic carbocycles. The number of aliphatic imine (C=N–C) groups is 1. The van der Waals surface area contributed by atoms with Crippen molar-refractivity contribution in [3.8, 4) is 5.75 Å². The van der Waals surface area contributed by atoms with Crippen LogP contribution in [0.2, 0.25) is 0 Å². The van der Waals surface area contributed by atoms with Crippen molar-refractivity contribution in [1.82, 2.24) is 20.9 Å². The highest BCUT2D eigenvalue weighted by Gasteiger charge is 2.10. The first kappa shape index (κ1) is 21.6. The van der Waals surface area contributed by atoms with Gasteiger partial charge in [-0.2, -0.15) is 0 Å². The average Bonchev–Trinajstić information content (AvgIpc) is 3.20. The number of carbonyl (C=O) groups is 1. The van der Waals surface area contributed by atoms with E-state index in [0.29, 0.717) is 30.5 Å². The van der Waals surface area contributed by atoms with Gasteiger partial charge >= 0.3 is 0 Å². The standard InChI is InChI=1S/C22H27N5O2S/c1-16-20(30-15-27-16)21(28)24-11-12-26-22(23-2)25-10-5-13-29-19-9-8-17-6-3-4-7-18(17)14-19/h3-4,6-9,14-15H,5,10-13H2,1-2H3,(H,24,28)(H2,23,25,26). The molecule has 0 aliphatic rings. The molecule has 0 fully saturated rings. The van der Waals surface area contributed by atoms with E-state index in [1.807, 2.05) is 25.1 Å². The van der Waals surface area contributed by atoms with Gasteiger partial charge in [0.15, 0.2) is 5.96 Å². The maximum absolute atomic E-state index is 12.0. The second kappa shape index (κ2) is 11.2. The van der Waals surface area contributed by atoms with Gasteiger partial charge < -0.3 is 20.7 Å². The lowest BCUT2D eigenvalue weighted by Crippen LogP contribution is -2.42. The minimum absolute atomic E-state index is 0.0921. The van der Waals surface area contributed by atoms with Crippen molar-refractivity contribution >= 4 is 34.0 Å². The predicted molar refractivity (Wildman–Crippen MR) is 123 cm³/mol. The molecule has 1 amide bonds. The van der Waals surface area contributed by atoms with Crippen LogP contribution in [0.15, 0.2) is 53.0 Å². The number of carbonyl (C=O) groups excluding carboxylic acids is 1. The number of guanidine groups is 1. The average molecular weight is 426 g/mol. The van der Waals surface area contributed by atoms with Crippen LogP contribution in [0.25, 0.3) is 10.8 Å². The number of ether oxygens (including phenoxy) is 1. The van der Waals surface area contributed by atoms with Crippen LogP contribution in [-0.2, 0) is 0 Å². The van der Waals surface area contributed by atoms with Gasteiger partial charge in [-0.3, -0.25) is 9.79 Å². The van der Waals surface area contributed by atoms with E-state index in [0.717, 1.165) is 24.4 Å². The number of nitrogens with one attached hydrogen (secondary N) is 3. The number of rotatable bonds is 9.